The van der Waals surface area contributed by atoms with Crippen molar-refractivity contribution in [3.8, 4) is 17.2 Å². The molecule has 4 aromatic carbocycles. The first-order valence-corrected chi connectivity index (χ1v) is 25.2. The number of allylic oxidation sites excluding steroid dienone is 1. The fourth-order valence-electron chi connectivity index (χ4n) is 10.3. The Morgan fingerprint density at radius 2 is 1.58 bits per heavy atom. The molecule has 1 fully saturated rings. The van der Waals surface area contributed by atoms with Crippen LogP contribution >= 0.6 is 11.6 Å². The molecule has 7 atom stereocenters. The van der Waals surface area contributed by atoms with E-state index in [1.54, 1.807) is 31.7 Å². The lowest BCUT2D eigenvalue weighted by molar-refractivity contribution is 0.00694. The zero-order valence-corrected chi connectivity index (χ0v) is 41.2. The minimum absolute atomic E-state index is 0.0811. The highest BCUT2D eigenvalue weighted by Crippen LogP contribution is 2.47. The summed E-state index contributed by atoms with van der Waals surface area (Å²) in [7, 11) is 1.26. The van der Waals surface area contributed by atoms with E-state index in [0.29, 0.717) is 24.5 Å². The van der Waals surface area contributed by atoms with Crippen LogP contribution in [0.3, 0.4) is 0 Å². The maximum absolute atomic E-state index is 14.6. The fourth-order valence-corrected chi connectivity index (χ4v) is 12.4. The molecule has 66 heavy (non-hydrogen) atoms. The Morgan fingerprint density at radius 1 is 0.924 bits per heavy atom. The molecule has 3 aliphatic carbocycles. The van der Waals surface area contributed by atoms with E-state index in [1.807, 2.05) is 94.4 Å². The molecule has 0 aromatic heterocycles. The summed E-state index contributed by atoms with van der Waals surface area (Å²) >= 11 is 6.52. The molecule has 1 aliphatic heterocycles. The number of aryl methyl sites for hydroxylation is 1. The maximum atomic E-state index is 14.6. The van der Waals surface area contributed by atoms with Gasteiger partial charge in [0.1, 0.15) is 22.8 Å². The van der Waals surface area contributed by atoms with E-state index in [-0.39, 0.29) is 54.4 Å². The van der Waals surface area contributed by atoms with Crippen molar-refractivity contribution in [3.63, 3.8) is 0 Å². The number of carbonyl (C=O) groups excluding carboxylic acids is 1. The van der Waals surface area contributed by atoms with E-state index in [0.717, 1.165) is 71.9 Å². The van der Waals surface area contributed by atoms with Crippen LogP contribution in [0.5, 0.6) is 17.2 Å². The minimum atomic E-state index is -3.76. The molecule has 13 heteroatoms. The molecule has 1 saturated carbocycles. The van der Waals surface area contributed by atoms with Crippen LogP contribution in [0.4, 0.5) is 5.69 Å². The van der Waals surface area contributed by atoms with Crippen molar-refractivity contribution in [2.75, 3.05) is 39.5 Å². The van der Waals surface area contributed by atoms with Crippen molar-refractivity contribution in [2.45, 2.75) is 115 Å². The summed E-state index contributed by atoms with van der Waals surface area (Å²) in [5.74, 6) is 1.89. The number of methoxy groups -OCH3 is 3. The second kappa shape index (κ2) is 19.6. The third-order valence-corrected chi connectivity index (χ3v) is 17.0. The number of esters is 1. The van der Waals surface area contributed by atoms with Crippen molar-refractivity contribution < 1.29 is 36.9 Å². The first-order valence-electron chi connectivity index (χ1n) is 23.3. The molecule has 11 nitrogen and oxygen atoms in total. The summed E-state index contributed by atoms with van der Waals surface area (Å²) in [6, 6.07) is 27.0. The van der Waals surface area contributed by atoms with Gasteiger partial charge in [-0.1, -0.05) is 54.9 Å². The summed E-state index contributed by atoms with van der Waals surface area (Å²) < 4.78 is 60.5. The highest BCUT2D eigenvalue weighted by atomic mass is 35.5. The molecule has 8 rings (SSSR count). The first-order chi connectivity index (χ1) is 31.5. The molecule has 1 unspecified atom stereocenters. The quantitative estimate of drug-likeness (QED) is 0.0860. The molecule has 0 saturated heterocycles. The Balaban J connectivity index is 1.01. The Bertz CT molecular complexity index is 2460. The van der Waals surface area contributed by atoms with Crippen LogP contribution in [-0.2, 0) is 44.4 Å². The monoisotopic (exact) mass is 939 g/mol. The van der Waals surface area contributed by atoms with Crippen molar-refractivity contribution in [1.29, 1.82) is 0 Å². The summed E-state index contributed by atoms with van der Waals surface area (Å²) in [5.41, 5.74) is 9.75. The van der Waals surface area contributed by atoms with Crippen molar-refractivity contribution in [2.24, 2.45) is 17.8 Å². The van der Waals surface area contributed by atoms with Crippen molar-refractivity contribution >= 4 is 33.3 Å². The molecule has 0 amide bonds. The standard InChI is InChI=1S/C53H66ClN3O8S/c1-34(35(2)66(59,60)56(30-36-11-17-43(61-6)18-12-36)31-37-13-19-44(62-7)20-14-37)40-26-41(27-40)50(63-8)45-21-23-47(45)55-57-32-53(25-9-10-38-28-42(54)16-22-46(38)53)33-64-49-24-15-39(29-48(49)57)51(58)65-52(3,4)5/h11-20,22,24,26,28-29,34-35,40,45,47,50,55H,9-10,21,23,25,27,30-33H2,1-8H3/t34-,35-,40?,45-,47-,50+,53+/m1/s1. The SMILES string of the molecule is COc1ccc(CN(Cc2ccc(OC)cc2)S(=O)(=O)[C@H](C)[C@@H](C)C2C=C([C@H](OC)[C@@H]3CC[C@H]3NN3C[C@@]4(CCCc5cc(Cl)ccc54)COc4ccc(C(=O)OC(C)(C)C)cc43)C2)cc1. The predicted octanol–water partition coefficient (Wildman–Crippen LogP) is 10.1. The molecule has 0 bridgehead atoms. The third-order valence-electron chi connectivity index (χ3n) is 14.4. The Labute approximate surface area is 396 Å². The van der Waals surface area contributed by atoms with Gasteiger partial charge in [-0.25, -0.2) is 18.6 Å². The van der Waals surface area contributed by atoms with Crippen LogP contribution in [0, 0.1) is 17.8 Å². The van der Waals surface area contributed by atoms with Crippen molar-refractivity contribution in [3.05, 3.63) is 129 Å². The van der Waals surface area contributed by atoms with Gasteiger partial charge in [0.2, 0.25) is 10.0 Å². The molecule has 4 aliphatic rings. The van der Waals surface area contributed by atoms with Gasteiger partial charge >= 0.3 is 5.97 Å². The number of sulfonamides is 1. The summed E-state index contributed by atoms with van der Waals surface area (Å²) in [4.78, 5) is 13.4. The van der Waals surface area contributed by atoms with Gasteiger partial charge in [0.25, 0.3) is 0 Å². The van der Waals surface area contributed by atoms with E-state index in [4.69, 9.17) is 35.3 Å². The average molecular weight is 941 g/mol. The molecule has 1 N–H and O–H groups in total. The topological polar surface area (TPSA) is 116 Å². The Morgan fingerprint density at radius 3 is 2.15 bits per heavy atom. The minimum Gasteiger partial charge on any atom is -0.497 e. The zero-order chi connectivity index (χ0) is 47.0. The van der Waals surface area contributed by atoms with Crippen LogP contribution in [0.15, 0.2) is 96.6 Å². The Kier molecular flexibility index (Phi) is 14.2. The van der Waals surface area contributed by atoms with Gasteiger partial charge in [-0.3, -0.25) is 0 Å². The molecule has 1 heterocycles. The van der Waals surface area contributed by atoms with E-state index in [2.05, 4.69) is 35.6 Å². The van der Waals surface area contributed by atoms with Gasteiger partial charge in [0.05, 0.1) is 43.4 Å². The highest BCUT2D eigenvalue weighted by Gasteiger charge is 2.47. The normalized spacial score (nSPS) is 22.9. The van der Waals surface area contributed by atoms with Crippen molar-refractivity contribution in [1.82, 2.24) is 9.73 Å². The largest absolute Gasteiger partial charge is 0.497 e. The number of rotatable bonds is 16. The van der Waals surface area contributed by atoms with Crippen LogP contribution in [0.2, 0.25) is 5.02 Å². The van der Waals surface area contributed by atoms with Gasteiger partial charge in [-0.2, -0.15) is 4.31 Å². The second-order valence-corrected chi connectivity index (χ2v) is 22.5. The maximum Gasteiger partial charge on any atom is 0.338 e. The number of carbonyl (C=O) groups is 1. The predicted molar refractivity (Wildman–Crippen MR) is 260 cm³/mol. The zero-order valence-electron chi connectivity index (χ0n) is 39.6. The van der Waals surface area contributed by atoms with E-state index in [9.17, 15) is 13.2 Å². The lowest BCUT2D eigenvalue weighted by atomic mass is 9.67. The Hall–Kier alpha value is -4.59. The van der Waals surface area contributed by atoms with Gasteiger partial charge in [-0.05, 0) is 160 Å². The van der Waals surface area contributed by atoms with Gasteiger partial charge in [0.15, 0.2) is 0 Å². The second-order valence-electron chi connectivity index (χ2n) is 19.8. The molecular weight excluding hydrogens is 874 g/mol. The number of anilines is 1. The van der Waals surface area contributed by atoms with E-state index in [1.165, 1.54) is 16.7 Å². The van der Waals surface area contributed by atoms with Gasteiger partial charge in [0, 0.05) is 49.1 Å². The number of hydrogen-bond donors (Lipinski definition) is 1. The number of halogens is 1. The molecule has 354 valence electrons. The van der Waals surface area contributed by atoms with Crippen LogP contribution in [0.25, 0.3) is 0 Å². The van der Waals surface area contributed by atoms with E-state index >= 15 is 0 Å². The van der Waals surface area contributed by atoms with Crippen LogP contribution in [-0.4, -0.2) is 76.2 Å². The number of hydrogen-bond acceptors (Lipinski definition) is 10. The number of fused-ring (bicyclic) bond motifs is 3. The van der Waals surface area contributed by atoms with Crippen LogP contribution < -0.4 is 24.6 Å². The highest BCUT2D eigenvalue weighted by molar-refractivity contribution is 7.89. The third kappa shape index (κ3) is 10.1. The van der Waals surface area contributed by atoms with Crippen LogP contribution in [0.1, 0.15) is 99.3 Å². The molecule has 1 spiro atoms. The van der Waals surface area contributed by atoms with Gasteiger partial charge in [-0.15, -0.1) is 0 Å². The summed E-state index contributed by atoms with van der Waals surface area (Å²) in [6.07, 6.45) is 7.75. The smallest absolute Gasteiger partial charge is 0.338 e. The number of hydrazine groups is 1. The fraction of sp³-hybridized carbons (Fsp3) is 0.491. The number of benzene rings is 4. The summed E-state index contributed by atoms with van der Waals surface area (Å²) in [5, 5.41) is 2.32. The molecule has 0 radical (unpaired) electrons. The van der Waals surface area contributed by atoms with Gasteiger partial charge < -0.3 is 28.7 Å². The first kappa shape index (κ1) is 47.9. The lowest BCUT2D eigenvalue weighted by Gasteiger charge is -2.48. The number of nitrogens with one attached hydrogen (secondary N) is 1. The average Bonchev–Trinajstić information content (AvgIpc) is 3.42. The number of ether oxygens (including phenoxy) is 5. The van der Waals surface area contributed by atoms with E-state index < -0.39 is 20.9 Å². The lowest BCUT2D eigenvalue weighted by Crippen LogP contribution is -2.59. The molecular formula is C53H66ClN3O8S. The molecule has 4 aromatic rings. The number of nitrogens with zero attached hydrogens (tertiary/aromatic N) is 2. The summed E-state index contributed by atoms with van der Waals surface area (Å²) in [6.45, 7) is 11.1.